The van der Waals surface area contributed by atoms with Crippen LogP contribution in [0.15, 0.2) is 12.2 Å². The fourth-order valence-electron chi connectivity index (χ4n) is 4.40. The predicted molar refractivity (Wildman–Crippen MR) is 69.9 cm³/mol. The molecule has 4 nitrogen and oxygen atoms in total. The molecule has 2 heterocycles. The summed E-state index contributed by atoms with van der Waals surface area (Å²) >= 11 is 0. The monoisotopic (exact) mass is 260 g/mol. The van der Waals surface area contributed by atoms with Gasteiger partial charge in [0.25, 0.3) is 0 Å². The van der Waals surface area contributed by atoms with Crippen molar-refractivity contribution in [2.45, 2.75) is 25.7 Å². The van der Waals surface area contributed by atoms with Crippen molar-refractivity contribution in [2.75, 3.05) is 19.8 Å². The minimum atomic E-state index is -0.0349. The van der Waals surface area contributed by atoms with Gasteiger partial charge in [0.15, 0.2) is 0 Å². The fraction of sp³-hybridized carbons (Fsp3) is 0.733. The van der Waals surface area contributed by atoms with E-state index in [1.54, 1.807) is 4.90 Å². The van der Waals surface area contributed by atoms with E-state index in [1.807, 2.05) is 0 Å². The van der Waals surface area contributed by atoms with Crippen LogP contribution in [0.3, 0.4) is 0 Å². The maximum Gasteiger partial charge on any atom is 0.234 e. The summed E-state index contributed by atoms with van der Waals surface area (Å²) in [6.07, 6.45) is 8.98. The number of piperidine rings is 1. The summed E-state index contributed by atoms with van der Waals surface area (Å²) in [6, 6.07) is 0. The summed E-state index contributed by atoms with van der Waals surface area (Å²) in [5.41, 5.74) is 0. The normalized spacial score (nSPS) is 41.4. The van der Waals surface area contributed by atoms with Gasteiger partial charge in [-0.2, -0.15) is 0 Å². The van der Waals surface area contributed by atoms with E-state index >= 15 is 0 Å². The lowest BCUT2D eigenvalue weighted by molar-refractivity contribution is -0.143. The summed E-state index contributed by atoms with van der Waals surface area (Å²) in [5, 5.41) is 0. The molecule has 3 fully saturated rings. The smallest absolute Gasteiger partial charge is 0.234 e. The molecule has 2 bridgehead atoms. The van der Waals surface area contributed by atoms with Crippen LogP contribution >= 0.6 is 0 Å². The molecule has 4 aliphatic rings. The summed E-state index contributed by atoms with van der Waals surface area (Å²) in [4.78, 5) is 28.8. The van der Waals surface area contributed by atoms with Gasteiger partial charge in [-0.15, -0.1) is 0 Å². The number of hydrogen-bond acceptors (Lipinski definition) is 3. The van der Waals surface area contributed by atoms with E-state index in [2.05, 4.69) is 17.1 Å². The third kappa shape index (κ3) is 1.62. The minimum absolute atomic E-state index is 0.0349. The molecular weight excluding hydrogens is 240 g/mol. The highest BCUT2D eigenvalue weighted by atomic mass is 16.2. The van der Waals surface area contributed by atoms with Crippen LogP contribution in [-0.2, 0) is 9.59 Å². The van der Waals surface area contributed by atoms with Gasteiger partial charge in [-0.3, -0.25) is 19.4 Å². The molecule has 0 unspecified atom stereocenters. The Balaban J connectivity index is 1.52. The molecular formula is C15H20N2O2. The van der Waals surface area contributed by atoms with E-state index in [4.69, 9.17) is 0 Å². The average molecular weight is 260 g/mol. The first-order valence-corrected chi connectivity index (χ1v) is 7.51. The van der Waals surface area contributed by atoms with Crippen LogP contribution in [0.25, 0.3) is 0 Å². The van der Waals surface area contributed by atoms with Gasteiger partial charge in [-0.1, -0.05) is 18.6 Å². The molecule has 2 amide bonds. The SMILES string of the molecule is O=C1[C@H]2[C@H](C(=O)N1CN1CCCCC1)[C@@H]1C=C[C@@H]2C1. The largest absolute Gasteiger partial charge is 0.286 e. The molecule has 0 aromatic rings. The van der Waals surface area contributed by atoms with Crippen molar-refractivity contribution < 1.29 is 9.59 Å². The maximum atomic E-state index is 12.5. The molecule has 0 aromatic carbocycles. The zero-order chi connectivity index (χ0) is 13.0. The Morgan fingerprint density at radius 3 is 2.11 bits per heavy atom. The van der Waals surface area contributed by atoms with E-state index in [-0.39, 0.29) is 23.7 Å². The highest BCUT2D eigenvalue weighted by Gasteiger charge is 2.59. The first-order chi connectivity index (χ1) is 9.25. The second-order valence-corrected chi connectivity index (χ2v) is 6.42. The quantitative estimate of drug-likeness (QED) is 0.554. The van der Waals surface area contributed by atoms with Gasteiger partial charge in [0.2, 0.25) is 11.8 Å². The molecule has 102 valence electrons. The maximum absolute atomic E-state index is 12.5. The first kappa shape index (κ1) is 11.6. The lowest BCUT2D eigenvalue weighted by atomic mass is 9.85. The van der Waals surface area contributed by atoms with E-state index in [0.29, 0.717) is 18.5 Å². The third-order valence-electron chi connectivity index (χ3n) is 5.35. The van der Waals surface area contributed by atoms with Crippen molar-refractivity contribution in [1.29, 1.82) is 0 Å². The van der Waals surface area contributed by atoms with E-state index in [1.165, 1.54) is 19.3 Å². The molecule has 2 saturated heterocycles. The lowest BCUT2D eigenvalue weighted by Gasteiger charge is -2.30. The van der Waals surface area contributed by atoms with Crippen molar-refractivity contribution in [1.82, 2.24) is 9.80 Å². The summed E-state index contributed by atoms with van der Waals surface area (Å²) in [7, 11) is 0. The number of imide groups is 1. The van der Waals surface area contributed by atoms with Crippen LogP contribution in [0.1, 0.15) is 25.7 Å². The third-order valence-corrected chi connectivity index (χ3v) is 5.35. The van der Waals surface area contributed by atoms with Gasteiger partial charge in [-0.25, -0.2) is 0 Å². The number of hydrogen-bond donors (Lipinski definition) is 0. The standard InChI is InChI=1S/C15H20N2O2/c18-14-12-10-4-5-11(8-10)13(12)15(19)17(14)9-16-6-2-1-3-7-16/h4-5,10-13H,1-3,6-9H2/t10-,11-,12-,13-/m1/s1. The predicted octanol–water partition coefficient (Wildman–Crippen LogP) is 1.24. The van der Waals surface area contributed by atoms with Gasteiger partial charge < -0.3 is 0 Å². The second-order valence-electron chi connectivity index (χ2n) is 6.42. The summed E-state index contributed by atoms with van der Waals surface area (Å²) in [5.74, 6) is 0.782. The van der Waals surface area contributed by atoms with Gasteiger partial charge in [0.1, 0.15) is 0 Å². The highest BCUT2D eigenvalue weighted by Crippen LogP contribution is 2.52. The van der Waals surface area contributed by atoms with E-state index < -0.39 is 0 Å². The van der Waals surface area contributed by atoms with Crippen LogP contribution < -0.4 is 0 Å². The van der Waals surface area contributed by atoms with Crippen molar-refractivity contribution in [3.8, 4) is 0 Å². The van der Waals surface area contributed by atoms with Gasteiger partial charge in [-0.05, 0) is 44.2 Å². The Morgan fingerprint density at radius 1 is 0.947 bits per heavy atom. The van der Waals surface area contributed by atoms with Crippen LogP contribution in [0, 0.1) is 23.7 Å². The van der Waals surface area contributed by atoms with Gasteiger partial charge >= 0.3 is 0 Å². The Morgan fingerprint density at radius 2 is 1.53 bits per heavy atom. The second kappa shape index (κ2) is 4.17. The molecule has 0 radical (unpaired) electrons. The van der Waals surface area contributed by atoms with Crippen LogP contribution in [0.4, 0.5) is 0 Å². The molecule has 2 aliphatic carbocycles. The number of fused-ring (bicyclic) bond motifs is 5. The number of allylic oxidation sites excluding steroid dienone is 2. The van der Waals surface area contributed by atoms with Crippen molar-refractivity contribution in [3.05, 3.63) is 12.2 Å². The van der Waals surface area contributed by atoms with Gasteiger partial charge in [0, 0.05) is 0 Å². The van der Waals surface area contributed by atoms with Crippen LogP contribution in [0.2, 0.25) is 0 Å². The van der Waals surface area contributed by atoms with Crippen molar-refractivity contribution >= 4 is 11.8 Å². The van der Waals surface area contributed by atoms with Crippen molar-refractivity contribution in [2.24, 2.45) is 23.7 Å². The number of nitrogens with zero attached hydrogens (tertiary/aromatic N) is 2. The number of carbonyl (C=O) groups is 2. The molecule has 4 rings (SSSR count). The minimum Gasteiger partial charge on any atom is -0.286 e. The van der Waals surface area contributed by atoms with Crippen LogP contribution in [0.5, 0.6) is 0 Å². The number of carbonyl (C=O) groups excluding carboxylic acids is 2. The Kier molecular flexibility index (Phi) is 2.56. The van der Waals surface area contributed by atoms with Crippen molar-refractivity contribution in [3.63, 3.8) is 0 Å². The van der Waals surface area contributed by atoms with Gasteiger partial charge in [0.05, 0.1) is 18.5 Å². The number of rotatable bonds is 2. The van der Waals surface area contributed by atoms with E-state index in [9.17, 15) is 9.59 Å². The topological polar surface area (TPSA) is 40.6 Å². The first-order valence-electron chi connectivity index (χ1n) is 7.51. The molecule has 1 saturated carbocycles. The molecule has 2 aliphatic heterocycles. The molecule has 0 N–H and O–H groups in total. The summed E-state index contributed by atoms with van der Waals surface area (Å²) < 4.78 is 0. The Bertz CT molecular complexity index is 423. The Labute approximate surface area is 113 Å². The average Bonchev–Trinajstić information content (AvgIpc) is 3.10. The van der Waals surface area contributed by atoms with Crippen LogP contribution in [-0.4, -0.2) is 41.4 Å². The lowest BCUT2D eigenvalue weighted by Crippen LogP contribution is -2.44. The zero-order valence-electron chi connectivity index (χ0n) is 11.1. The number of amides is 2. The molecule has 4 atom stereocenters. The van der Waals surface area contributed by atoms with E-state index in [0.717, 1.165) is 19.5 Å². The molecule has 0 spiro atoms. The molecule has 19 heavy (non-hydrogen) atoms. The number of likely N-dealkylation sites (tertiary alicyclic amines) is 2. The zero-order valence-corrected chi connectivity index (χ0v) is 11.1. The molecule has 0 aromatic heterocycles. The Hall–Kier alpha value is -1.16. The molecule has 4 heteroatoms. The fourth-order valence-corrected chi connectivity index (χ4v) is 4.40. The highest BCUT2D eigenvalue weighted by molar-refractivity contribution is 6.06. The summed E-state index contributed by atoms with van der Waals surface area (Å²) in [6.45, 7) is 2.58.